The number of aromatic nitrogens is 2. The van der Waals surface area contributed by atoms with Crippen LogP contribution in [0.25, 0.3) is 0 Å². The Kier molecular flexibility index (Phi) is 3.78. The molecule has 0 unspecified atom stereocenters. The lowest BCUT2D eigenvalue weighted by Crippen LogP contribution is -2.56. The van der Waals surface area contributed by atoms with E-state index in [4.69, 9.17) is 11.6 Å². The van der Waals surface area contributed by atoms with Crippen molar-refractivity contribution >= 4 is 27.3 Å². The fourth-order valence-electron chi connectivity index (χ4n) is 2.37. The van der Waals surface area contributed by atoms with E-state index in [9.17, 15) is 22.3 Å². The molecule has 1 aliphatic heterocycles. The van der Waals surface area contributed by atoms with Gasteiger partial charge in [-0.05, 0) is 32.4 Å². The molecule has 7 nitrogen and oxygen atoms in total. The van der Waals surface area contributed by atoms with Gasteiger partial charge in [-0.15, -0.1) is 4.41 Å². The fraction of sp³-hybridized carbons (Fsp3) is 0.636. The number of alkyl halides is 3. The molecule has 0 spiro atoms. The van der Waals surface area contributed by atoms with Gasteiger partial charge in [0.15, 0.2) is 0 Å². The Bertz CT molecular complexity index is 756. The van der Waals surface area contributed by atoms with Gasteiger partial charge < -0.3 is 5.11 Å². The van der Waals surface area contributed by atoms with E-state index in [1.807, 2.05) is 0 Å². The third-order valence-corrected chi connectivity index (χ3v) is 5.71. The van der Waals surface area contributed by atoms with Crippen LogP contribution < -0.4 is 0 Å². The zero-order valence-corrected chi connectivity index (χ0v) is 13.9. The minimum atomic E-state index is -4.55. The van der Waals surface area contributed by atoms with Crippen molar-refractivity contribution in [1.29, 1.82) is 0 Å². The number of hydrogen-bond acceptors (Lipinski definition) is 5. The van der Waals surface area contributed by atoms with Gasteiger partial charge in [-0.25, -0.2) is 0 Å². The monoisotopic (exact) mass is 356 g/mol. The van der Waals surface area contributed by atoms with Crippen LogP contribution in [0.5, 0.6) is 0 Å². The lowest BCUT2D eigenvalue weighted by molar-refractivity contribution is -0.175. The average Bonchev–Trinajstić information content (AvgIpc) is 2.77. The van der Waals surface area contributed by atoms with E-state index in [0.717, 1.165) is 0 Å². The van der Waals surface area contributed by atoms with Gasteiger partial charge in [-0.1, -0.05) is 0 Å². The molecule has 0 aromatic carbocycles. The molecule has 0 amide bonds. The summed E-state index contributed by atoms with van der Waals surface area (Å²) < 4.78 is 53.9. The molecule has 2 heterocycles. The molecule has 2 rings (SSSR count). The van der Waals surface area contributed by atoms with Crippen LogP contribution in [0.4, 0.5) is 8.78 Å². The summed E-state index contributed by atoms with van der Waals surface area (Å²) in [5.41, 5.74) is -2.80. The largest absolute Gasteiger partial charge is 0.371 e. The predicted molar refractivity (Wildman–Crippen MR) is 75.2 cm³/mol. The summed E-state index contributed by atoms with van der Waals surface area (Å²) in [6.07, 6.45) is -0.693. The van der Waals surface area contributed by atoms with E-state index < -0.39 is 27.6 Å². The van der Waals surface area contributed by atoms with Gasteiger partial charge in [0.05, 0.1) is 11.4 Å². The first-order valence-electron chi connectivity index (χ1n) is 6.21. The standard InChI is InChI=1S/C11H15ClF2N4O3S/c1-6-5-10(19,11(12,13)14)18(15-6)22(20,21)9-7(2)16-17(4)8(9)3/h19H,5H2,1-4H3/t10-/m0/s1. The number of rotatable bonds is 3. The van der Waals surface area contributed by atoms with Crippen LogP contribution in [0.15, 0.2) is 10.00 Å². The van der Waals surface area contributed by atoms with E-state index in [0.29, 0.717) is 0 Å². The minimum Gasteiger partial charge on any atom is -0.363 e. The van der Waals surface area contributed by atoms with Crippen LogP contribution in [0.1, 0.15) is 24.7 Å². The Labute approximate surface area is 131 Å². The summed E-state index contributed by atoms with van der Waals surface area (Å²) in [7, 11) is -3.04. The molecule has 124 valence electrons. The second-order valence-corrected chi connectivity index (χ2v) is 7.38. The first-order chi connectivity index (χ1) is 9.82. The third kappa shape index (κ3) is 2.29. The van der Waals surface area contributed by atoms with Gasteiger partial charge in [0.1, 0.15) is 4.90 Å². The molecule has 1 atom stereocenters. The Hall–Kier alpha value is -1.26. The Morgan fingerprint density at radius 3 is 2.32 bits per heavy atom. The van der Waals surface area contributed by atoms with E-state index in [-0.39, 0.29) is 26.4 Å². The van der Waals surface area contributed by atoms with Crippen LogP contribution in [0, 0.1) is 13.8 Å². The van der Waals surface area contributed by atoms with Crippen molar-refractivity contribution < 1.29 is 22.3 Å². The summed E-state index contributed by atoms with van der Waals surface area (Å²) in [4.78, 5) is -0.284. The van der Waals surface area contributed by atoms with Gasteiger partial charge >= 0.3 is 5.38 Å². The van der Waals surface area contributed by atoms with Crippen LogP contribution in [-0.4, -0.2) is 44.5 Å². The highest BCUT2D eigenvalue weighted by Gasteiger charge is 2.63. The van der Waals surface area contributed by atoms with Gasteiger partial charge in [-0.3, -0.25) is 4.68 Å². The lowest BCUT2D eigenvalue weighted by Gasteiger charge is -2.34. The maximum absolute atomic E-state index is 13.6. The number of hydrazone groups is 1. The van der Waals surface area contributed by atoms with Crippen molar-refractivity contribution in [2.45, 2.75) is 43.2 Å². The molecule has 1 aromatic heterocycles. The van der Waals surface area contributed by atoms with Crippen LogP contribution in [-0.2, 0) is 17.1 Å². The Morgan fingerprint density at radius 1 is 1.36 bits per heavy atom. The highest BCUT2D eigenvalue weighted by molar-refractivity contribution is 7.89. The number of aryl methyl sites for hydroxylation is 2. The van der Waals surface area contributed by atoms with Crippen molar-refractivity contribution in [2.24, 2.45) is 12.1 Å². The van der Waals surface area contributed by atoms with E-state index >= 15 is 0 Å². The number of nitrogens with zero attached hydrogens (tertiary/aromatic N) is 4. The van der Waals surface area contributed by atoms with Crippen LogP contribution in [0.2, 0.25) is 0 Å². The summed E-state index contributed by atoms with van der Waals surface area (Å²) >= 11 is 4.94. The topological polar surface area (TPSA) is 87.8 Å². The zero-order chi connectivity index (χ0) is 17.1. The number of hydrogen-bond donors (Lipinski definition) is 1. The number of halogens is 3. The highest BCUT2D eigenvalue weighted by Crippen LogP contribution is 2.45. The molecule has 1 aromatic rings. The molecule has 22 heavy (non-hydrogen) atoms. The third-order valence-electron chi connectivity index (χ3n) is 3.46. The smallest absolute Gasteiger partial charge is 0.363 e. The van der Waals surface area contributed by atoms with Crippen LogP contribution >= 0.6 is 11.6 Å². The summed E-state index contributed by atoms with van der Waals surface area (Å²) in [6.45, 7) is 4.22. The normalized spacial score (nSPS) is 23.1. The van der Waals surface area contributed by atoms with Crippen molar-refractivity contribution in [3.63, 3.8) is 0 Å². The molecule has 0 radical (unpaired) electrons. The zero-order valence-electron chi connectivity index (χ0n) is 12.3. The first kappa shape index (κ1) is 17.1. The first-order valence-corrected chi connectivity index (χ1v) is 8.03. The predicted octanol–water partition coefficient (Wildman–Crippen LogP) is 1.33. The molecule has 0 saturated carbocycles. The molecule has 1 aliphatic rings. The molecule has 1 N–H and O–H groups in total. The van der Waals surface area contributed by atoms with E-state index in [1.165, 1.54) is 32.5 Å². The van der Waals surface area contributed by atoms with Gasteiger partial charge in [0, 0.05) is 19.2 Å². The Morgan fingerprint density at radius 2 is 1.91 bits per heavy atom. The SMILES string of the molecule is CC1=NN(S(=O)(=O)c2c(C)nn(C)c2C)[C@@](O)(C(F)(F)Cl)C1. The second-order valence-electron chi connectivity index (χ2n) is 5.20. The molecule has 0 bridgehead atoms. The maximum atomic E-state index is 13.6. The van der Waals surface area contributed by atoms with E-state index in [2.05, 4.69) is 10.2 Å². The van der Waals surface area contributed by atoms with Gasteiger partial charge in [0.2, 0.25) is 0 Å². The minimum absolute atomic E-state index is 0.0145. The van der Waals surface area contributed by atoms with Gasteiger partial charge in [-0.2, -0.15) is 27.4 Å². The number of sulfonamides is 1. The fourth-order valence-corrected chi connectivity index (χ4v) is 4.49. The molecular weight excluding hydrogens is 342 g/mol. The summed E-state index contributed by atoms with van der Waals surface area (Å²) in [5, 5.41) is 13.4. The molecule has 0 fully saturated rings. The van der Waals surface area contributed by atoms with Crippen molar-refractivity contribution in [3.8, 4) is 0 Å². The highest BCUT2D eigenvalue weighted by atomic mass is 35.5. The van der Waals surface area contributed by atoms with Gasteiger partial charge in [0.25, 0.3) is 15.7 Å². The van der Waals surface area contributed by atoms with Crippen molar-refractivity contribution in [2.75, 3.05) is 0 Å². The summed E-state index contributed by atoms with van der Waals surface area (Å²) in [5.74, 6) is 0. The molecular formula is C11H15ClF2N4O3S. The molecule has 0 aliphatic carbocycles. The number of aliphatic hydroxyl groups is 1. The summed E-state index contributed by atoms with van der Waals surface area (Å²) in [6, 6.07) is 0. The molecule has 11 heteroatoms. The average molecular weight is 357 g/mol. The quantitative estimate of drug-likeness (QED) is 0.827. The Balaban J connectivity index is 2.67. The van der Waals surface area contributed by atoms with Crippen molar-refractivity contribution in [1.82, 2.24) is 14.2 Å². The maximum Gasteiger partial charge on any atom is 0.371 e. The lowest BCUT2D eigenvalue weighted by atomic mass is 10.1. The van der Waals surface area contributed by atoms with Crippen LogP contribution in [0.3, 0.4) is 0 Å². The second kappa shape index (κ2) is 4.87. The van der Waals surface area contributed by atoms with Crippen molar-refractivity contribution in [3.05, 3.63) is 11.4 Å². The molecule has 0 saturated heterocycles. The van der Waals surface area contributed by atoms with E-state index in [1.54, 1.807) is 0 Å².